The first kappa shape index (κ1) is 20.7. The zero-order chi connectivity index (χ0) is 19.5. The van der Waals surface area contributed by atoms with Crippen molar-refractivity contribution in [3.63, 3.8) is 0 Å². The Morgan fingerprint density at radius 3 is 2.27 bits per heavy atom. The average Bonchev–Trinajstić information content (AvgIpc) is 2.55. The lowest BCUT2D eigenvalue weighted by Gasteiger charge is -2.36. The molecule has 0 radical (unpaired) electrons. The summed E-state index contributed by atoms with van der Waals surface area (Å²) >= 11 is 6.09. The molecule has 0 N–H and O–H groups in total. The Labute approximate surface area is 162 Å². The highest BCUT2D eigenvalue weighted by molar-refractivity contribution is 6.74. The highest BCUT2D eigenvalue weighted by Crippen LogP contribution is 2.37. The van der Waals surface area contributed by atoms with E-state index < -0.39 is 14.3 Å². The molecule has 2 aromatic rings. The summed E-state index contributed by atoms with van der Waals surface area (Å²) in [6.07, 6.45) is 0. The van der Waals surface area contributed by atoms with Crippen LogP contribution in [0.25, 0.3) is 0 Å². The lowest BCUT2D eigenvalue weighted by Crippen LogP contribution is -2.40. The molecule has 0 saturated heterocycles. The van der Waals surface area contributed by atoms with E-state index in [0.29, 0.717) is 22.9 Å². The molecule has 2 aromatic carbocycles. The zero-order valence-corrected chi connectivity index (χ0v) is 18.1. The van der Waals surface area contributed by atoms with Gasteiger partial charge in [-0.05, 0) is 54.9 Å². The molecule has 0 bridgehead atoms. The maximum atomic E-state index is 12.3. The second-order valence-electron chi connectivity index (χ2n) is 8.07. The Hall–Kier alpha value is -1.62. The molecule has 0 heterocycles. The van der Waals surface area contributed by atoms with Crippen LogP contribution in [-0.4, -0.2) is 14.3 Å². The second kappa shape index (κ2) is 7.95. The Morgan fingerprint density at radius 2 is 1.69 bits per heavy atom. The van der Waals surface area contributed by atoms with Crippen LogP contribution in [0.2, 0.25) is 23.2 Å². The fourth-order valence-electron chi connectivity index (χ4n) is 2.09. The number of esters is 1. The van der Waals surface area contributed by atoms with Crippen LogP contribution in [-0.2, 0) is 11.0 Å². The molecule has 0 aliphatic carbocycles. The van der Waals surface area contributed by atoms with Gasteiger partial charge in [-0.25, -0.2) is 4.79 Å². The monoisotopic (exact) mass is 390 g/mol. The van der Waals surface area contributed by atoms with Crippen LogP contribution >= 0.6 is 11.6 Å². The molecule has 3 nitrogen and oxygen atoms in total. The van der Waals surface area contributed by atoms with Gasteiger partial charge in [0, 0.05) is 0 Å². The lowest BCUT2D eigenvalue weighted by molar-refractivity contribution is 0.0735. The topological polar surface area (TPSA) is 35.5 Å². The third-order valence-corrected chi connectivity index (χ3v) is 9.69. The molecule has 0 fully saturated rings. The van der Waals surface area contributed by atoms with Crippen LogP contribution in [0, 0.1) is 6.92 Å². The van der Waals surface area contributed by atoms with E-state index in [4.69, 9.17) is 20.8 Å². The summed E-state index contributed by atoms with van der Waals surface area (Å²) in [5.74, 6) is 0.0348. The lowest BCUT2D eigenvalue weighted by atomic mass is 10.1. The van der Waals surface area contributed by atoms with Crippen molar-refractivity contribution in [2.75, 3.05) is 0 Å². The van der Waals surface area contributed by atoms with E-state index in [1.54, 1.807) is 24.3 Å². The quantitative estimate of drug-likeness (QED) is 0.337. The van der Waals surface area contributed by atoms with Crippen LogP contribution in [0.1, 0.15) is 42.3 Å². The predicted molar refractivity (Wildman–Crippen MR) is 110 cm³/mol. The van der Waals surface area contributed by atoms with E-state index >= 15 is 0 Å². The summed E-state index contributed by atoms with van der Waals surface area (Å²) in [5, 5.41) is 0.565. The van der Waals surface area contributed by atoms with Crippen molar-refractivity contribution in [2.24, 2.45) is 0 Å². The molecule has 2 rings (SSSR count). The van der Waals surface area contributed by atoms with Crippen molar-refractivity contribution < 1.29 is 14.0 Å². The number of hydrogen-bond donors (Lipinski definition) is 0. The van der Waals surface area contributed by atoms with Gasteiger partial charge in [0.25, 0.3) is 0 Å². The molecule has 0 amide bonds. The molecule has 0 saturated carbocycles. The second-order valence-corrected chi connectivity index (χ2v) is 13.3. The molecule has 0 aliphatic rings. The Bertz CT molecular complexity index is 777. The Kier molecular flexibility index (Phi) is 6.32. The fourth-order valence-corrected chi connectivity index (χ4v) is 3.25. The van der Waals surface area contributed by atoms with Crippen molar-refractivity contribution in [3.8, 4) is 5.75 Å². The number of benzene rings is 2. The minimum atomic E-state index is -1.78. The number of ether oxygens (including phenoxy) is 1. The van der Waals surface area contributed by atoms with Crippen LogP contribution < -0.4 is 4.74 Å². The van der Waals surface area contributed by atoms with Gasteiger partial charge in [-0.2, -0.15) is 0 Å². The highest BCUT2D eigenvalue weighted by Gasteiger charge is 2.36. The summed E-state index contributed by atoms with van der Waals surface area (Å²) in [7, 11) is -1.78. The maximum Gasteiger partial charge on any atom is 0.345 e. The molecule has 0 aliphatic heterocycles. The molecule has 0 unspecified atom stereocenters. The van der Waals surface area contributed by atoms with Gasteiger partial charge in [-0.1, -0.05) is 56.1 Å². The van der Waals surface area contributed by atoms with Crippen molar-refractivity contribution in [1.82, 2.24) is 0 Å². The Balaban J connectivity index is 2.01. The van der Waals surface area contributed by atoms with Crippen molar-refractivity contribution in [3.05, 3.63) is 64.2 Å². The minimum Gasteiger partial charge on any atom is -0.423 e. The standard InChI is InChI=1S/C21H27ClO3Si/c1-15-7-12-19(22)18(13-15)20(23)25-17-10-8-16(9-11-17)14-24-26(5,6)21(2,3)4/h7-13H,14H2,1-6H3. The largest absolute Gasteiger partial charge is 0.423 e. The van der Waals surface area contributed by atoms with Gasteiger partial charge in [0.05, 0.1) is 17.2 Å². The first-order chi connectivity index (χ1) is 12.0. The number of aryl methyl sites for hydroxylation is 1. The molecule has 140 valence electrons. The molecule has 0 atom stereocenters. The normalized spacial score (nSPS) is 12.1. The fraction of sp³-hybridized carbons (Fsp3) is 0.381. The number of halogens is 1. The van der Waals surface area contributed by atoms with E-state index in [1.807, 2.05) is 25.1 Å². The predicted octanol–water partition coefficient (Wildman–Crippen LogP) is 6.39. The van der Waals surface area contributed by atoms with Crippen LogP contribution in [0.5, 0.6) is 5.75 Å². The first-order valence-corrected chi connectivity index (χ1v) is 12.0. The molecular formula is C21H27ClO3Si. The smallest absolute Gasteiger partial charge is 0.345 e. The van der Waals surface area contributed by atoms with Gasteiger partial charge < -0.3 is 9.16 Å². The van der Waals surface area contributed by atoms with Crippen LogP contribution in [0.4, 0.5) is 0 Å². The van der Waals surface area contributed by atoms with Gasteiger partial charge in [0.15, 0.2) is 8.32 Å². The van der Waals surface area contributed by atoms with Gasteiger partial charge in [0.1, 0.15) is 5.75 Å². The number of carbonyl (C=O) groups excluding carboxylic acids is 1. The van der Waals surface area contributed by atoms with Gasteiger partial charge >= 0.3 is 5.97 Å². The average molecular weight is 391 g/mol. The van der Waals surface area contributed by atoms with Crippen molar-refractivity contribution in [1.29, 1.82) is 0 Å². The van der Waals surface area contributed by atoms with E-state index in [-0.39, 0.29) is 5.04 Å². The zero-order valence-electron chi connectivity index (χ0n) is 16.4. The third-order valence-electron chi connectivity index (χ3n) is 4.88. The number of hydrogen-bond acceptors (Lipinski definition) is 3. The molecule has 26 heavy (non-hydrogen) atoms. The first-order valence-electron chi connectivity index (χ1n) is 8.71. The SMILES string of the molecule is Cc1ccc(Cl)c(C(=O)Oc2ccc(CO[Si](C)(C)C(C)(C)C)cc2)c1. The summed E-state index contributed by atoms with van der Waals surface area (Å²) in [6, 6.07) is 12.7. The summed E-state index contributed by atoms with van der Waals surface area (Å²) in [6.45, 7) is 13.6. The minimum absolute atomic E-state index is 0.176. The summed E-state index contributed by atoms with van der Waals surface area (Å²) < 4.78 is 11.6. The van der Waals surface area contributed by atoms with Crippen LogP contribution in [0.15, 0.2) is 42.5 Å². The molecule has 0 spiro atoms. The van der Waals surface area contributed by atoms with E-state index in [9.17, 15) is 4.79 Å². The van der Waals surface area contributed by atoms with E-state index in [0.717, 1.165) is 11.1 Å². The van der Waals surface area contributed by atoms with Gasteiger partial charge in [-0.15, -0.1) is 0 Å². The summed E-state index contributed by atoms with van der Waals surface area (Å²) in [5.41, 5.74) is 2.39. The van der Waals surface area contributed by atoms with Crippen LogP contribution in [0.3, 0.4) is 0 Å². The summed E-state index contributed by atoms with van der Waals surface area (Å²) in [4.78, 5) is 12.3. The van der Waals surface area contributed by atoms with Crippen molar-refractivity contribution >= 4 is 25.9 Å². The molecule has 5 heteroatoms. The van der Waals surface area contributed by atoms with Gasteiger partial charge in [0.2, 0.25) is 0 Å². The number of carbonyl (C=O) groups is 1. The van der Waals surface area contributed by atoms with E-state index in [1.165, 1.54) is 0 Å². The highest BCUT2D eigenvalue weighted by atomic mass is 35.5. The molecular weight excluding hydrogens is 364 g/mol. The van der Waals surface area contributed by atoms with Gasteiger partial charge in [-0.3, -0.25) is 0 Å². The number of rotatable bonds is 5. The third kappa shape index (κ3) is 5.19. The molecule has 0 aromatic heterocycles. The Morgan fingerprint density at radius 1 is 1.08 bits per heavy atom. The maximum absolute atomic E-state index is 12.3. The van der Waals surface area contributed by atoms with E-state index in [2.05, 4.69) is 33.9 Å². The van der Waals surface area contributed by atoms with Crippen molar-refractivity contribution in [2.45, 2.75) is 52.4 Å².